The van der Waals surface area contributed by atoms with Crippen molar-refractivity contribution in [1.82, 2.24) is 15.4 Å². The molecule has 3 heterocycles. The van der Waals surface area contributed by atoms with Gasteiger partial charge in [0.05, 0.1) is 17.5 Å². The number of aromatic nitrogens is 1. The first-order valence-electron chi connectivity index (χ1n) is 14.1. The summed E-state index contributed by atoms with van der Waals surface area (Å²) >= 11 is 0. The Morgan fingerprint density at radius 3 is 2.58 bits per heavy atom. The monoisotopic (exact) mass is 585 g/mol. The average Bonchev–Trinajstić information content (AvgIpc) is 3.67. The number of amides is 3. The van der Waals surface area contributed by atoms with Crippen molar-refractivity contribution < 1.29 is 28.1 Å². The van der Waals surface area contributed by atoms with Crippen molar-refractivity contribution in [3.63, 3.8) is 0 Å². The first-order chi connectivity index (χ1) is 20.5. The summed E-state index contributed by atoms with van der Waals surface area (Å²) in [5.74, 6) is -2.94. The van der Waals surface area contributed by atoms with Crippen molar-refractivity contribution in [3.8, 4) is 6.07 Å². The highest BCUT2D eigenvalue weighted by Crippen LogP contribution is 2.46. The van der Waals surface area contributed by atoms with E-state index in [2.05, 4.69) is 21.9 Å². The smallest absolute Gasteiger partial charge is 0.274 e. The molecule has 0 saturated carbocycles. The van der Waals surface area contributed by atoms with Crippen molar-refractivity contribution in [2.75, 3.05) is 11.9 Å². The van der Waals surface area contributed by atoms with E-state index in [1.165, 1.54) is 23.1 Å². The maximum absolute atomic E-state index is 14.2. The lowest BCUT2D eigenvalue weighted by molar-refractivity contribution is -0.138. The fourth-order valence-corrected chi connectivity index (χ4v) is 6.05. The van der Waals surface area contributed by atoms with Gasteiger partial charge in [-0.15, -0.1) is 0 Å². The molecule has 1 unspecified atom stereocenters. The number of aryl methyl sites for hydroxylation is 1. The summed E-state index contributed by atoms with van der Waals surface area (Å²) in [5, 5.41) is 19.4. The third-order valence-corrected chi connectivity index (χ3v) is 8.27. The summed E-state index contributed by atoms with van der Waals surface area (Å²) < 4.78 is 18.6. The van der Waals surface area contributed by atoms with E-state index in [1.807, 2.05) is 12.1 Å². The van der Waals surface area contributed by atoms with Crippen LogP contribution in [0.3, 0.4) is 0 Å². The van der Waals surface area contributed by atoms with E-state index < -0.39 is 41.0 Å². The highest BCUT2D eigenvalue weighted by Gasteiger charge is 2.56. The van der Waals surface area contributed by atoms with Crippen LogP contribution in [0.1, 0.15) is 54.1 Å². The van der Waals surface area contributed by atoms with E-state index in [-0.39, 0.29) is 49.1 Å². The predicted octanol–water partition coefficient (Wildman–Crippen LogP) is 3.71. The number of para-hydroxylation sites is 1. The number of ketones is 1. The molecule has 3 aromatic rings. The highest BCUT2D eigenvalue weighted by atomic mass is 19.1. The molecule has 0 aliphatic carbocycles. The number of nitriles is 1. The van der Waals surface area contributed by atoms with Crippen LogP contribution in [0.5, 0.6) is 0 Å². The number of nitrogens with zero attached hydrogens (tertiary/aromatic N) is 3. The maximum Gasteiger partial charge on any atom is 0.274 e. The fourth-order valence-electron chi connectivity index (χ4n) is 6.05. The number of fused-ring (bicyclic) bond motifs is 2. The molecular formula is C32H32FN5O5. The number of benzene rings is 2. The Morgan fingerprint density at radius 2 is 1.93 bits per heavy atom. The van der Waals surface area contributed by atoms with Gasteiger partial charge in [-0.1, -0.05) is 49.3 Å². The second-order valence-corrected chi connectivity index (χ2v) is 11.6. The van der Waals surface area contributed by atoms with Gasteiger partial charge in [0.25, 0.3) is 5.91 Å². The van der Waals surface area contributed by atoms with E-state index in [9.17, 15) is 28.8 Å². The molecule has 0 bridgehead atoms. The molecule has 2 N–H and O–H groups in total. The molecule has 10 nitrogen and oxygen atoms in total. The Bertz CT molecular complexity index is 1610. The van der Waals surface area contributed by atoms with Crippen LogP contribution in [-0.4, -0.2) is 52.2 Å². The number of carbonyl (C=O) groups is 4. The first kappa shape index (κ1) is 29.6. The van der Waals surface area contributed by atoms with Crippen molar-refractivity contribution >= 4 is 29.2 Å². The minimum absolute atomic E-state index is 0.0170. The number of carbonyl (C=O) groups excluding carboxylic acids is 4. The maximum atomic E-state index is 14.2. The van der Waals surface area contributed by atoms with Gasteiger partial charge in [0, 0.05) is 37.1 Å². The van der Waals surface area contributed by atoms with Gasteiger partial charge in [-0.2, -0.15) is 5.26 Å². The number of rotatable bonds is 9. The Hall–Kier alpha value is -4.85. The van der Waals surface area contributed by atoms with Crippen molar-refractivity contribution in [2.24, 2.45) is 11.8 Å². The lowest BCUT2D eigenvalue weighted by atomic mass is 9.80. The Labute approximate surface area is 248 Å². The minimum Gasteiger partial charge on any atom is -0.361 e. The standard InChI is InChI=1S/C32H32FN5O5/c1-18(2)28(36-29(40)26-12-19(3)43-37-26)27(39)14-21(13-20-8-10-22(33)11-9-20)30(41)38-17-32(15-23(38)16-34)24-6-4-5-7-25(24)35-31(32)42/h4-12,18,21,23,28H,13-15,17H2,1-3H3,(H,35,42)(H,36,40)/t21-,23+,28?,32+/m1/s1. The van der Waals surface area contributed by atoms with Crippen LogP contribution in [0.15, 0.2) is 59.1 Å². The van der Waals surface area contributed by atoms with Crippen LogP contribution in [0.2, 0.25) is 0 Å². The Balaban J connectivity index is 1.42. The topological polar surface area (TPSA) is 145 Å². The minimum atomic E-state index is -1.08. The van der Waals surface area contributed by atoms with Crippen molar-refractivity contribution in [2.45, 2.75) is 57.5 Å². The molecule has 1 fully saturated rings. The van der Waals surface area contributed by atoms with Crippen molar-refractivity contribution in [1.29, 1.82) is 5.26 Å². The van der Waals surface area contributed by atoms with Gasteiger partial charge in [0.2, 0.25) is 11.8 Å². The quantitative estimate of drug-likeness (QED) is 0.389. The number of hydrogen-bond donors (Lipinski definition) is 2. The molecule has 11 heteroatoms. The predicted molar refractivity (Wildman–Crippen MR) is 153 cm³/mol. The van der Waals surface area contributed by atoms with Crippen LogP contribution in [-0.2, 0) is 26.2 Å². The molecule has 2 aromatic carbocycles. The second kappa shape index (κ2) is 11.8. The molecule has 43 heavy (non-hydrogen) atoms. The number of hydrogen-bond acceptors (Lipinski definition) is 7. The summed E-state index contributed by atoms with van der Waals surface area (Å²) in [4.78, 5) is 55.4. The number of nitrogens with one attached hydrogen (secondary N) is 2. The van der Waals surface area contributed by atoms with Crippen LogP contribution in [0.25, 0.3) is 0 Å². The molecule has 1 saturated heterocycles. The SMILES string of the molecule is Cc1cc(C(=O)NC(C(=O)C[C@@H](Cc2ccc(F)cc2)C(=O)N2C[C@]3(C[C@H]2C#N)C(=O)Nc2ccccc23)C(C)C)no1. The molecule has 4 atom stereocenters. The van der Waals surface area contributed by atoms with E-state index in [0.29, 0.717) is 17.0 Å². The first-order valence-corrected chi connectivity index (χ1v) is 14.1. The van der Waals surface area contributed by atoms with Gasteiger partial charge in [0.15, 0.2) is 11.5 Å². The van der Waals surface area contributed by atoms with Crippen LogP contribution in [0.4, 0.5) is 10.1 Å². The molecular weight excluding hydrogens is 553 g/mol. The Morgan fingerprint density at radius 1 is 1.21 bits per heavy atom. The summed E-state index contributed by atoms with van der Waals surface area (Å²) in [6.07, 6.45) is -0.0325. The number of likely N-dealkylation sites (tertiary alicyclic amines) is 1. The summed E-state index contributed by atoms with van der Waals surface area (Å²) in [6, 6.07) is 14.7. The fraction of sp³-hybridized carbons (Fsp3) is 0.375. The third-order valence-electron chi connectivity index (χ3n) is 8.27. The summed E-state index contributed by atoms with van der Waals surface area (Å²) in [7, 11) is 0. The third kappa shape index (κ3) is 5.78. The van der Waals surface area contributed by atoms with E-state index in [0.717, 1.165) is 5.56 Å². The van der Waals surface area contributed by atoms with Gasteiger partial charge in [-0.25, -0.2) is 4.39 Å². The van der Waals surface area contributed by atoms with Gasteiger partial charge in [0.1, 0.15) is 17.6 Å². The van der Waals surface area contributed by atoms with E-state index >= 15 is 0 Å². The Kier molecular flexibility index (Phi) is 8.13. The average molecular weight is 586 g/mol. The number of Topliss-reactive ketones (excluding diaryl/α,β-unsaturated/α-hetero) is 1. The molecule has 2 aliphatic rings. The molecule has 1 aromatic heterocycles. The lowest BCUT2D eigenvalue weighted by Crippen LogP contribution is -2.47. The van der Waals surface area contributed by atoms with E-state index in [4.69, 9.17) is 4.52 Å². The summed E-state index contributed by atoms with van der Waals surface area (Å²) in [5.41, 5.74) is 0.953. The largest absolute Gasteiger partial charge is 0.361 e. The van der Waals surface area contributed by atoms with Gasteiger partial charge < -0.3 is 20.1 Å². The van der Waals surface area contributed by atoms with Crippen molar-refractivity contribution in [3.05, 3.63) is 83.0 Å². The molecule has 2 aliphatic heterocycles. The van der Waals surface area contributed by atoms with Crippen LogP contribution >= 0.6 is 0 Å². The number of anilines is 1. The highest BCUT2D eigenvalue weighted by molar-refractivity contribution is 6.07. The second-order valence-electron chi connectivity index (χ2n) is 11.6. The molecule has 1 spiro atoms. The van der Waals surface area contributed by atoms with E-state index in [1.54, 1.807) is 45.0 Å². The van der Waals surface area contributed by atoms with Crippen LogP contribution < -0.4 is 10.6 Å². The molecule has 222 valence electrons. The molecule has 0 radical (unpaired) electrons. The molecule has 3 amide bonds. The lowest BCUT2D eigenvalue weighted by Gasteiger charge is -2.28. The summed E-state index contributed by atoms with van der Waals surface area (Å²) in [6.45, 7) is 5.18. The molecule has 5 rings (SSSR count). The normalized spacial score (nSPS) is 20.4. The zero-order chi connectivity index (χ0) is 30.9. The zero-order valence-corrected chi connectivity index (χ0v) is 24.1. The van der Waals surface area contributed by atoms with Gasteiger partial charge in [-0.3, -0.25) is 19.2 Å². The van der Waals surface area contributed by atoms with Crippen LogP contribution in [0, 0.1) is 35.9 Å². The van der Waals surface area contributed by atoms with Gasteiger partial charge in [-0.05, 0) is 48.6 Å². The number of halogens is 1. The van der Waals surface area contributed by atoms with Gasteiger partial charge >= 0.3 is 0 Å². The zero-order valence-electron chi connectivity index (χ0n) is 24.1.